The van der Waals surface area contributed by atoms with Crippen LogP contribution in [0.3, 0.4) is 0 Å². The summed E-state index contributed by atoms with van der Waals surface area (Å²) in [6, 6.07) is 21.8. The maximum Gasteiger partial charge on any atom is 0.261 e. The Morgan fingerprint density at radius 1 is 0.912 bits per heavy atom. The molecule has 0 radical (unpaired) electrons. The van der Waals surface area contributed by atoms with Crippen molar-refractivity contribution in [1.82, 2.24) is 9.71 Å². The van der Waals surface area contributed by atoms with Crippen molar-refractivity contribution >= 4 is 46.8 Å². The number of thiazole rings is 1. The molecule has 0 atom stereocenters. The molecular formula is C26H24FN3OS3. The number of anilines is 1. The highest BCUT2D eigenvalue weighted by atomic mass is 32.2. The molecule has 0 fully saturated rings. The van der Waals surface area contributed by atoms with Crippen molar-refractivity contribution in [1.29, 1.82) is 0 Å². The van der Waals surface area contributed by atoms with Crippen LogP contribution in [-0.4, -0.2) is 10.9 Å². The summed E-state index contributed by atoms with van der Waals surface area (Å²) in [5.74, 6) is -0.408. The molecule has 0 aliphatic carbocycles. The van der Waals surface area contributed by atoms with E-state index in [1.165, 1.54) is 52.9 Å². The zero-order valence-electron chi connectivity index (χ0n) is 19.0. The van der Waals surface area contributed by atoms with Crippen LogP contribution in [0.4, 0.5) is 10.1 Å². The minimum atomic E-state index is -0.262. The van der Waals surface area contributed by atoms with Crippen molar-refractivity contribution < 1.29 is 9.18 Å². The first-order valence-electron chi connectivity index (χ1n) is 10.6. The van der Waals surface area contributed by atoms with Crippen LogP contribution in [-0.2, 0) is 5.41 Å². The summed E-state index contributed by atoms with van der Waals surface area (Å²) in [7, 11) is 0. The SMILES string of the molecule is CC(C)(C)c1ccc(SNC(=O)c2ccc(NSc3csc(-c4ccc(F)cc4)n3)cc2)cc1. The highest BCUT2D eigenvalue weighted by Gasteiger charge is 2.13. The number of nitrogens with zero attached hydrogens (tertiary/aromatic N) is 1. The molecule has 0 aliphatic heterocycles. The molecule has 2 N–H and O–H groups in total. The second-order valence-electron chi connectivity index (χ2n) is 8.59. The van der Waals surface area contributed by atoms with Gasteiger partial charge in [0.15, 0.2) is 0 Å². The Labute approximate surface area is 211 Å². The number of benzene rings is 3. The Bertz CT molecular complexity index is 1250. The highest BCUT2D eigenvalue weighted by Crippen LogP contribution is 2.29. The molecule has 4 nitrogen and oxygen atoms in total. The molecule has 8 heteroatoms. The third kappa shape index (κ3) is 6.40. The van der Waals surface area contributed by atoms with E-state index in [4.69, 9.17) is 0 Å². The summed E-state index contributed by atoms with van der Waals surface area (Å²) < 4.78 is 19.2. The normalized spacial score (nSPS) is 11.3. The van der Waals surface area contributed by atoms with Gasteiger partial charge >= 0.3 is 0 Å². The van der Waals surface area contributed by atoms with Crippen molar-refractivity contribution in [3.63, 3.8) is 0 Å². The van der Waals surface area contributed by atoms with Gasteiger partial charge in [-0.1, -0.05) is 32.9 Å². The third-order valence-electron chi connectivity index (χ3n) is 4.98. The number of carbonyl (C=O) groups excluding carboxylic acids is 1. The lowest BCUT2D eigenvalue weighted by Crippen LogP contribution is -2.15. The number of halogens is 1. The predicted octanol–water partition coefficient (Wildman–Crippen LogP) is 7.80. The second-order valence-corrected chi connectivity index (χ2v) is 11.2. The monoisotopic (exact) mass is 509 g/mol. The van der Waals surface area contributed by atoms with Crippen LogP contribution < -0.4 is 9.44 Å². The summed E-state index contributed by atoms with van der Waals surface area (Å²) >= 11 is 4.20. The van der Waals surface area contributed by atoms with Crippen LogP contribution in [0.15, 0.2) is 88.1 Å². The van der Waals surface area contributed by atoms with Gasteiger partial charge < -0.3 is 4.72 Å². The van der Waals surface area contributed by atoms with Gasteiger partial charge in [0.1, 0.15) is 15.9 Å². The molecule has 1 heterocycles. The second kappa shape index (κ2) is 10.6. The minimum Gasteiger partial charge on any atom is -0.324 e. The lowest BCUT2D eigenvalue weighted by atomic mass is 9.87. The van der Waals surface area contributed by atoms with Crippen LogP contribution in [0, 0.1) is 5.82 Å². The molecule has 1 amide bonds. The standard InChI is InChI=1S/C26H24FN3OS3/c1-26(2,3)19-8-14-22(15-9-19)33-30-24(31)17-6-12-21(13-7-17)29-34-23-16-32-25(28-23)18-4-10-20(27)11-5-18/h4-16,29H,1-3H3,(H,30,31). The summed E-state index contributed by atoms with van der Waals surface area (Å²) in [4.78, 5) is 18.1. The van der Waals surface area contributed by atoms with E-state index in [-0.39, 0.29) is 17.1 Å². The predicted molar refractivity (Wildman–Crippen MR) is 142 cm³/mol. The summed E-state index contributed by atoms with van der Waals surface area (Å²) in [6.45, 7) is 6.53. The molecule has 4 aromatic rings. The Hall–Kier alpha value is -2.81. The largest absolute Gasteiger partial charge is 0.324 e. The number of carbonyl (C=O) groups is 1. The fraction of sp³-hybridized carbons (Fsp3) is 0.154. The molecule has 0 bridgehead atoms. The van der Waals surface area contributed by atoms with E-state index in [1.807, 2.05) is 29.6 Å². The maximum atomic E-state index is 13.1. The average Bonchev–Trinajstić information content (AvgIpc) is 3.31. The van der Waals surface area contributed by atoms with E-state index in [2.05, 4.69) is 47.3 Å². The first kappa shape index (κ1) is 24.3. The molecular weight excluding hydrogens is 486 g/mol. The quantitative estimate of drug-likeness (QED) is 0.249. The van der Waals surface area contributed by atoms with E-state index in [0.717, 1.165) is 26.2 Å². The van der Waals surface area contributed by atoms with E-state index >= 15 is 0 Å². The number of amides is 1. The molecule has 1 aromatic heterocycles. The lowest BCUT2D eigenvalue weighted by Gasteiger charge is -2.19. The summed E-state index contributed by atoms with van der Waals surface area (Å²) in [5, 5.41) is 3.60. The fourth-order valence-electron chi connectivity index (χ4n) is 3.02. The molecule has 34 heavy (non-hydrogen) atoms. The van der Waals surface area contributed by atoms with E-state index in [9.17, 15) is 9.18 Å². The molecule has 0 unspecified atom stereocenters. The minimum absolute atomic E-state index is 0.102. The molecule has 0 saturated carbocycles. The van der Waals surface area contributed by atoms with Crippen molar-refractivity contribution in [2.75, 3.05) is 4.72 Å². The molecule has 174 valence electrons. The van der Waals surface area contributed by atoms with Crippen molar-refractivity contribution in [3.05, 3.63) is 95.1 Å². The van der Waals surface area contributed by atoms with Crippen molar-refractivity contribution in [2.24, 2.45) is 0 Å². The Morgan fingerprint density at radius 3 is 2.24 bits per heavy atom. The van der Waals surface area contributed by atoms with Gasteiger partial charge in [0, 0.05) is 39.0 Å². The van der Waals surface area contributed by atoms with Crippen molar-refractivity contribution in [2.45, 2.75) is 36.1 Å². The molecule has 4 rings (SSSR count). The van der Waals surface area contributed by atoms with E-state index in [0.29, 0.717) is 5.56 Å². The van der Waals surface area contributed by atoms with Gasteiger partial charge in [0.05, 0.1) is 0 Å². The van der Waals surface area contributed by atoms with Gasteiger partial charge in [-0.2, -0.15) is 0 Å². The lowest BCUT2D eigenvalue weighted by molar-refractivity contribution is 0.0984. The summed E-state index contributed by atoms with van der Waals surface area (Å²) in [6.07, 6.45) is 0. The molecule has 0 saturated heterocycles. The van der Waals surface area contributed by atoms with Crippen molar-refractivity contribution in [3.8, 4) is 10.6 Å². The van der Waals surface area contributed by atoms with Crippen LogP contribution >= 0.6 is 35.2 Å². The van der Waals surface area contributed by atoms with Gasteiger partial charge in [-0.3, -0.25) is 9.52 Å². The fourth-order valence-corrected chi connectivity index (χ4v) is 5.20. The number of hydrogen-bond donors (Lipinski definition) is 2. The van der Waals surface area contributed by atoms with E-state index in [1.54, 1.807) is 24.3 Å². The number of rotatable bonds is 7. The summed E-state index contributed by atoms with van der Waals surface area (Å²) in [5.41, 5.74) is 3.69. The zero-order chi connectivity index (χ0) is 24.1. The van der Waals surface area contributed by atoms with Gasteiger partial charge in [-0.25, -0.2) is 9.37 Å². The molecule has 3 aromatic carbocycles. The van der Waals surface area contributed by atoms with Gasteiger partial charge in [0.2, 0.25) is 0 Å². The Morgan fingerprint density at radius 2 is 1.59 bits per heavy atom. The Kier molecular flexibility index (Phi) is 7.60. The third-order valence-corrected chi connectivity index (χ3v) is 7.57. The van der Waals surface area contributed by atoms with Crippen LogP contribution in [0.25, 0.3) is 10.6 Å². The van der Waals surface area contributed by atoms with Gasteiger partial charge in [-0.15, -0.1) is 11.3 Å². The number of aromatic nitrogens is 1. The highest BCUT2D eigenvalue weighted by molar-refractivity contribution is 8.00. The van der Waals surface area contributed by atoms with Gasteiger partial charge in [-0.05, 0) is 83.6 Å². The average molecular weight is 510 g/mol. The molecule has 0 spiro atoms. The van der Waals surface area contributed by atoms with Gasteiger partial charge in [0.25, 0.3) is 5.91 Å². The van der Waals surface area contributed by atoms with Crippen LogP contribution in [0.1, 0.15) is 36.7 Å². The van der Waals surface area contributed by atoms with E-state index < -0.39 is 0 Å². The number of hydrogen-bond acceptors (Lipinski definition) is 6. The number of nitrogens with one attached hydrogen (secondary N) is 2. The molecule has 0 aliphatic rings. The van der Waals surface area contributed by atoms with Crippen LogP contribution in [0.2, 0.25) is 0 Å². The maximum absolute atomic E-state index is 13.1. The topological polar surface area (TPSA) is 54.0 Å². The van der Waals surface area contributed by atoms with Crippen LogP contribution in [0.5, 0.6) is 0 Å². The smallest absolute Gasteiger partial charge is 0.261 e. The first-order valence-corrected chi connectivity index (χ1v) is 13.1. The zero-order valence-corrected chi connectivity index (χ0v) is 21.4. The Balaban J connectivity index is 1.28. The first-order chi connectivity index (χ1) is 16.3.